The quantitative estimate of drug-likeness (QED) is 0.251. The van der Waals surface area contributed by atoms with Crippen LogP contribution in [0.2, 0.25) is 0 Å². The van der Waals surface area contributed by atoms with Gasteiger partial charge in [0.25, 0.3) is 0 Å². The van der Waals surface area contributed by atoms with Crippen LogP contribution < -0.4 is 10.6 Å². The molecular formula is C20H36FIN4O. The molecule has 0 radical (unpaired) electrons. The number of rotatable bonds is 11. The van der Waals surface area contributed by atoms with E-state index < -0.39 is 0 Å². The zero-order valence-corrected chi connectivity index (χ0v) is 19.4. The Kier molecular flexibility index (Phi) is 14.5. The molecule has 1 aromatic rings. The van der Waals surface area contributed by atoms with Gasteiger partial charge in [-0.2, -0.15) is 0 Å². The van der Waals surface area contributed by atoms with Crippen molar-refractivity contribution in [3.8, 4) is 0 Å². The third-order valence-electron chi connectivity index (χ3n) is 4.15. The smallest absolute Gasteiger partial charge is 0.191 e. The van der Waals surface area contributed by atoms with Crippen molar-refractivity contribution in [3.63, 3.8) is 0 Å². The van der Waals surface area contributed by atoms with Crippen LogP contribution in [0, 0.1) is 11.7 Å². The third-order valence-corrected chi connectivity index (χ3v) is 4.15. The normalized spacial score (nSPS) is 12.6. The molecule has 0 aliphatic heterocycles. The predicted octanol–water partition coefficient (Wildman–Crippen LogP) is 3.36. The summed E-state index contributed by atoms with van der Waals surface area (Å²) in [6.07, 6.45) is 2.98. The number of nitrogens with zero attached hydrogens (tertiary/aromatic N) is 2. The average molecular weight is 494 g/mol. The van der Waals surface area contributed by atoms with Gasteiger partial charge >= 0.3 is 0 Å². The number of aliphatic hydroxyl groups excluding tert-OH is 1. The van der Waals surface area contributed by atoms with Gasteiger partial charge in [-0.15, -0.1) is 24.0 Å². The lowest BCUT2D eigenvalue weighted by molar-refractivity contribution is 0.251. The van der Waals surface area contributed by atoms with Crippen LogP contribution in [0.4, 0.5) is 4.39 Å². The highest BCUT2D eigenvalue weighted by Crippen LogP contribution is 2.13. The predicted molar refractivity (Wildman–Crippen MR) is 122 cm³/mol. The van der Waals surface area contributed by atoms with Gasteiger partial charge in [-0.05, 0) is 57.5 Å². The Labute approximate surface area is 180 Å². The number of guanidine groups is 1. The van der Waals surface area contributed by atoms with Crippen LogP contribution in [0.5, 0.6) is 0 Å². The molecule has 0 spiro atoms. The number of benzene rings is 1. The fourth-order valence-electron chi connectivity index (χ4n) is 2.88. The average Bonchev–Trinajstić information content (AvgIpc) is 2.59. The minimum atomic E-state index is -0.178. The molecule has 3 N–H and O–H groups in total. The van der Waals surface area contributed by atoms with Crippen molar-refractivity contribution in [1.82, 2.24) is 15.5 Å². The Balaban J connectivity index is 0.00000676. The maximum atomic E-state index is 13.9. The van der Waals surface area contributed by atoms with Gasteiger partial charge in [-0.3, -0.25) is 0 Å². The Morgan fingerprint density at radius 3 is 2.56 bits per heavy atom. The highest BCUT2D eigenvalue weighted by molar-refractivity contribution is 14.0. The first-order valence-electron chi connectivity index (χ1n) is 9.55. The molecule has 5 nitrogen and oxygen atoms in total. The van der Waals surface area contributed by atoms with Crippen molar-refractivity contribution in [3.05, 3.63) is 35.1 Å². The Bertz CT molecular complexity index is 549. The zero-order valence-electron chi connectivity index (χ0n) is 17.1. The number of nitrogens with one attached hydrogen (secondary N) is 2. The lowest BCUT2D eigenvalue weighted by Gasteiger charge is -2.18. The van der Waals surface area contributed by atoms with Crippen LogP contribution in [-0.2, 0) is 13.1 Å². The molecule has 0 fully saturated rings. The molecule has 0 saturated carbocycles. The molecule has 0 bridgehead atoms. The minimum absolute atomic E-state index is 0. The van der Waals surface area contributed by atoms with Gasteiger partial charge in [0.15, 0.2) is 5.96 Å². The molecule has 27 heavy (non-hydrogen) atoms. The van der Waals surface area contributed by atoms with Gasteiger partial charge < -0.3 is 20.6 Å². The summed E-state index contributed by atoms with van der Waals surface area (Å²) in [6.45, 7) is 7.03. The lowest BCUT2D eigenvalue weighted by atomic mass is 10.0. The molecule has 0 heterocycles. The van der Waals surface area contributed by atoms with E-state index in [2.05, 4.69) is 22.5 Å². The Morgan fingerprint density at radius 2 is 1.96 bits per heavy atom. The molecule has 0 aliphatic carbocycles. The van der Waals surface area contributed by atoms with Crippen molar-refractivity contribution in [1.29, 1.82) is 0 Å². The zero-order chi connectivity index (χ0) is 19.4. The second-order valence-electron chi connectivity index (χ2n) is 6.91. The van der Waals surface area contributed by atoms with Gasteiger partial charge in [0, 0.05) is 31.8 Å². The summed E-state index contributed by atoms with van der Waals surface area (Å²) in [5.41, 5.74) is 1.67. The third kappa shape index (κ3) is 10.8. The van der Waals surface area contributed by atoms with Crippen molar-refractivity contribution < 1.29 is 9.50 Å². The summed E-state index contributed by atoms with van der Waals surface area (Å²) in [5, 5.41) is 15.8. The van der Waals surface area contributed by atoms with E-state index in [4.69, 9.17) is 0 Å². The fourth-order valence-corrected chi connectivity index (χ4v) is 2.88. The van der Waals surface area contributed by atoms with Crippen molar-refractivity contribution in [2.24, 2.45) is 10.9 Å². The lowest BCUT2D eigenvalue weighted by Crippen LogP contribution is -2.40. The highest BCUT2D eigenvalue weighted by Gasteiger charge is 2.09. The van der Waals surface area contributed by atoms with E-state index in [1.165, 1.54) is 6.07 Å². The van der Waals surface area contributed by atoms with Gasteiger partial charge in [-0.1, -0.05) is 19.4 Å². The summed E-state index contributed by atoms with van der Waals surface area (Å²) < 4.78 is 13.9. The summed E-state index contributed by atoms with van der Waals surface area (Å²) in [6, 6.07) is 5.18. The topological polar surface area (TPSA) is 59.9 Å². The van der Waals surface area contributed by atoms with E-state index >= 15 is 0 Å². The van der Waals surface area contributed by atoms with E-state index in [1.807, 2.05) is 32.0 Å². The number of aliphatic hydroxyl groups is 1. The number of aliphatic imine (C=N–C) groups is 1. The van der Waals surface area contributed by atoms with Gasteiger partial charge in [0.05, 0.1) is 6.54 Å². The van der Waals surface area contributed by atoms with Crippen LogP contribution in [-0.4, -0.2) is 49.8 Å². The summed E-state index contributed by atoms with van der Waals surface area (Å²) in [7, 11) is 3.85. The van der Waals surface area contributed by atoms with Crippen LogP contribution in [0.1, 0.15) is 44.2 Å². The van der Waals surface area contributed by atoms with Crippen molar-refractivity contribution in [2.75, 3.05) is 33.8 Å². The molecule has 7 heteroatoms. The molecule has 156 valence electrons. The first-order valence-corrected chi connectivity index (χ1v) is 9.55. The van der Waals surface area contributed by atoms with Crippen LogP contribution in [0.15, 0.2) is 23.2 Å². The number of halogens is 2. The summed E-state index contributed by atoms with van der Waals surface area (Å²) >= 11 is 0. The van der Waals surface area contributed by atoms with E-state index in [0.29, 0.717) is 24.6 Å². The molecule has 0 amide bonds. The second kappa shape index (κ2) is 15.0. The molecule has 1 unspecified atom stereocenters. The summed E-state index contributed by atoms with van der Waals surface area (Å²) in [4.78, 5) is 6.57. The largest absolute Gasteiger partial charge is 0.396 e. The van der Waals surface area contributed by atoms with Crippen LogP contribution >= 0.6 is 24.0 Å². The van der Waals surface area contributed by atoms with E-state index in [9.17, 15) is 9.50 Å². The molecule has 1 rings (SSSR count). The van der Waals surface area contributed by atoms with Gasteiger partial charge in [0.1, 0.15) is 5.82 Å². The highest BCUT2D eigenvalue weighted by atomic mass is 127. The van der Waals surface area contributed by atoms with E-state index in [-0.39, 0.29) is 36.4 Å². The SMILES string of the molecule is CCCC(CCO)CNC(=NCc1ccc(F)c(CN(C)C)c1)NCC.I. The monoisotopic (exact) mass is 494 g/mol. The number of hydrogen-bond donors (Lipinski definition) is 3. The molecule has 0 saturated heterocycles. The van der Waals surface area contributed by atoms with E-state index in [0.717, 1.165) is 43.9 Å². The van der Waals surface area contributed by atoms with Gasteiger partial charge in [-0.25, -0.2) is 9.38 Å². The maximum absolute atomic E-state index is 13.9. The maximum Gasteiger partial charge on any atom is 0.191 e. The van der Waals surface area contributed by atoms with Crippen molar-refractivity contribution in [2.45, 2.75) is 46.2 Å². The standard InChI is InChI=1S/C20H35FN4O.HI/c1-5-7-16(10-11-26)13-23-20(22-6-2)24-14-17-8-9-19(21)18(12-17)15-25(3)4;/h8-9,12,16,26H,5-7,10-11,13-15H2,1-4H3,(H2,22,23,24);1H. The molecule has 0 aliphatic rings. The molecule has 1 atom stereocenters. The minimum Gasteiger partial charge on any atom is -0.396 e. The van der Waals surface area contributed by atoms with Crippen molar-refractivity contribution >= 4 is 29.9 Å². The Morgan fingerprint density at radius 1 is 1.22 bits per heavy atom. The van der Waals surface area contributed by atoms with E-state index in [1.54, 1.807) is 6.07 Å². The van der Waals surface area contributed by atoms with Crippen LogP contribution in [0.25, 0.3) is 0 Å². The second-order valence-corrected chi connectivity index (χ2v) is 6.91. The number of hydrogen-bond acceptors (Lipinski definition) is 3. The Hall–Kier alpha value is -0.930. The molecule has 0 aromatic heterocycles. The fraction of sp³-hybridized carbons (Fsp3) is 0.650. The van der Waals surface area contributed by atoms with Crippen LogP contribution in [0.3, 0.4) is 0 Å². The summed E-state index contributed by atoms with van der Waals surface area (Å²) in [5.74, 6) is 1.01. The molecular weight excluding hydrogens is 458 g/mol. The first kappa shape index (κ1) is 26.1. The van der Waals surface area contributed by atoms with Gasteiger partial charge in [0.2, 0.25) is 0 Å². The first-order chi connectivity index (χ1) is 12.5. The molecule has 1 aromatic carbocycles.